The van der Waals surface area contributed by atoms with Crippen molar-refractivity contribution in [1.82, 2.24) is 0 Å². The first kappa shape index (κ1) is 17.7. The third-order valence-electron chi connectivity index (χ3n) is 3.31. The third-order valence-corrected chi connectivity index (χ3v) is 16.2. The molecule has 0 aliphatic rings. The summed E-state index contributed by atoms with van der Waals surface area (Å²) in [5.74, 6) is 0. The van der Waals surface area contributed by atoms with Gasteiger partial charge in [-0.3, -0.25) is 0 Å². The predicted octanol–water partition coefficient (Wildman–Crippen LogP) is 3.32. The van der Waals surface area contributed by atoms with Crippen molar-refractivity contribution in [3.8, 4) is 0 Å². The van der Waals surface area contributed by atoms with Gasteiger partial charge in [0.2, 0.25) is 0 Å². The van der Waals surface area contributed by atoms with Gasteiger partial charge in [-0.15, -0.1) is 0 Å². The van der Waals surface area contributed by atoms with E-state index in [0.717, 1.165) is 13.3 Å². The van der Waals surface area contributed by atoms with Crippen LogP contribution in [0.15, 0.2) is 0 Å². The van der Waals surface area contributed by atoms with Crippen LogP contribution in [0.2, 0.25) is 13.3 Å². The summed E-state index contributed by atoms with van der Waals surface area (Å²) in [5.41, 5.74) is 0. The zero-order chi connectivity index (χ0) is 13.1. The molecule has 0 bridgehead atoms. The van der Waals surface area contributed by atoms with Crippen LogP contribution in [0.3, 0.4) is 0 Å². The molecule has 0 spiro atoms. The van der Waals surface area contributed by atoms with Gasteiger partial charge in [0, 0.05) is 0 Å². The Morgan fingerprint density at radius 2 is 1.18 bits per heavy atom. The third kappa shape index (κ3) is 8.46. The summed E-state index contributed by atoms with van der Waals surface area (Å²) < 4.78 is 9.09. The number of unbranched alkanes of at least 4 members (excludes halogenated alkanes) is 3. The van der Waals surface area contributed by atoms with Crippen LogP contribution >= 0.6 is 0 Å². The van der Waals surface area contributed by atoms with Gasteiger partial charge in [0.25, 0.3) is 0 Å². The first-order valence-electron chi connectivity index (χ1n) is 7.14. The Labute approximate surface area is 112 Å². The summed E-state index contributed by atoms with van der Waals surface area (Å²) in [6, 6.07) is 0. The zero-order valence-electron chi connectivity index (χ0n) is 11.7. The van der Waals surface area contributed by atoms with E-state index in [1.54, 1.807) is 0 Å². The van der Waals surface area contributed by atoms with Crippen LogP contribution in [0, 0.1) is 0 Å². The zero-order valence-corrected chi connectivity index (χ0v) is 14.6. The maximum absolute atomic E-state index is 9.17. The summed E-state index contributed by atoms with van der Waals surface area (Å²) in [5, 5.41) is 18.3. The standard InChI is InChI=1S/3C4H9.BH2O3.Sn/c3*1-3-4-2;2-1(3)4;/h3*1,3-4H2,2H3;2-3H;/q;;;-1;+1. The Morgan fingerprint density at radius 3 is 1.41 bits per heavy atom. The van der Waals surface area contributed by atoms with Crippen molar-refractivity contribution in [2.24, 2.45) is 0 Å². The fourth-order valence-electron chi connectivity index (χ4n) is 2.27. The molecule has 0 aromatic carbocycles. The summed E-state index contributed by atoms with van der Waals surface area (Å²) in [4.78, 5) is 0. The van der Waals surface area contributed by atoms with Crippen molar-refractivity contribution in [2.45, 2.75) is 72.6 Å². The Hall–Kier alpha value is 0.744. The summed E-state index contributed by atoms with van der Waals surface area (Å²) in [7, 11) is -1.55. The molecule has 0 aliphatic heterocycles. The first-order valence-corrected chi connectivity index (χ1v) is 14.4. The van der Waals surface area contributed by atoms with Crippen molar-refractivity contribution in [3.63, 3.8) is 0 Å². The van der Waals surface area contributed by atoms with E-state index in [4.69, 9.17) is 2.99 Å². The van der Waals surface area contributed by atoms with Crippen molar-refractivity contribution in [3.05, 3.63) is 0 Å². The van der Waals surface area contributed by atoms with E-state index in [1.165, 1.54) is 38.5 Å². The van der Waals surface area contributed by atoms with Gasteiger partial charge in [-0.25, -0.2) is 0 Å². The topological polar surface area (TPSA) is 49.7 Å². The monoisotopic (exact) mass is 352 g/mol. The van der Waals surface area contributed by atoms with Gasteiger partial charge in [-0.1, -0.05) is 0 Å². The van der Waals surface area contributed by atoms with Crippen LogP contribution in [0.25, 0.3) is 0 Å². The molecule has 3 nitrogen and oxygen atoms in total. The minimum atomic E-state index is -2.74. The SMILES string of the molecule is CCC[CH2][Sn]([CH2]CCC)([CH2]CCC)[O]B(O)O. The van der Waals surface area contributed by atoms with E-state index in [9.17, 15) is 10.0 Å². The molecule has 5 heteroatoms. The number of rotatable bonds is 11. The summed E-state index contributed by atoms with van der Waals surface area (Å²) in [6.07, 6.45) is 7.04. The molecular formula is C12H29BO3Sn. The molecule has 0 amide bonds. The molecule has 0 unspecified atom stereocenters. The van der Waals surface area contributed by atoms with E-state index in [2.05, 4.69) is 20.8 Å². The Bertz CT molecular complexity index is 157. The van der Waals surface area contributed by atoms with E-state index < -0.39 is 26.1 Å². The Balaban J connectivity index is 4.51. The van der Waals surface area contributed by atoms with Crippen LogP contribution in [0.5, 0.6) is 0 Å². The fourth-order valence-corrected chi connectivity index (χ4v) is 15.2. The molecule has 0 aliphatic carbocycles. The molecular weight excluding hydrogens is 322 g/mol. The first-order chi connectivity index (χ1) is 8.10. The average Bonchev–Trinajstić information content (AvgIpc) is 2.30. The average molecular weight is 351 g/mol. The molecule has 0 saturated carbocycles. The van der Waals surface area contributed by atoms with E-state index in [-0.39, 0.29) is 0 Å². The second-order valence-corrected chi connectivity index (χ2v) is 16.6. The molecule has 102 valence electrons. The predicted molar refractivity (Wildman–Crippen MR) is 76.2 cm³/mol. The van der Waals surface area contributed by atoms with Crippen LogP contribution < -0.4 is 0 Å². The number of hydrogen-bond donors (Lipinski definition) is 2. The summed E-state index contributed by atoms with van der Waals surface area (Å²) >= 11 is -2.74. The molecule has 0 aromatic rings. The molecule has 0 heterocycles. The van der Waals surface area contributed by atoms with Gasteiger partial charge in [-0.05, 0) is 0 Å². The van der Waals surface area contributed by atoms with Gasteiger partial charge in [0.15, 0.2) is 0 Å². The summed E-state index contributed by atoms with van der Waals surface area (Å²) in [6.45, 7) is 6.56. The van der Waals surface area contributed by atoms with Crippen LogP contribution in [0.1, 0.15) is 59.3 Å². The number of hydrogen-bond acceptors (Lipinski definition) is 3. The molecule has 17 heavy (non-hydrogen) atoms. The van der Waals surface area contributed by atoms with Crippen LogP contribution in [0.4, 0.5) is 0 Å². The van der Waals surface area contributed by atoms with Crippen molar-refractivity contribution in [2.75, 3.05) is 0 Å². The van der Waals surface area contributed by atoms with Crippen LogP contribution in [-0.4, -0.2) is 36.2 Å². The second-order valence-electron chi connectivity index (χ2n) is 4.94. The van der Waals surface area contributed by atoms with Gasteiger partial charge >= 0.3 is 112 Å². The van der Waals surface area contributed by atoms with E-state index in [0.29, 0.717) is 0 Å². The van der Waals surface area contributed by atoms with Crippen molar-refractivity contribution >= 4 is 26.1 Å². The van der Waals surface area contributed by atoms with Crippen molar-refractivity contribution < 1.29 is 13.0 Å². The quantitative estimate of drug-likeness (QED) is 0.562. The molecule has 0 saturated heterocycles. The maximum atomic E-state index is 9.17. The fraction of sp³-hybridized carbons (Fsp3) is 1.00. The van der Waals surface area contributed by atoms with Gasteiger partial charge in [-0.2, -0.15) is 0 Å². The molecule has 0 fully saturated rings. The molecule has 0 aromatic heterocycles. The van der Waals surface area contributed by atoms with Crippen molar-refractivity contribution in [1.29, 1.82) is 0 Å². The normalized spacial score (nSPS) is 11.8. The molecule has 0 atom stereocenters. The Kier molecular flexibility index (Phi) is 11.1. The molecule has 2 N–H and O–H groups in total. The minimum absolute atomic E-state index is 1.14. The van der Waals surface area contributed by atoms with Gasteiger partial charge in [0.1, 0.15) is 0 Å². The molecule has 0 radical (unpaired) electrons. The van der Waals surface area contributed by atoms with Gasteiger partial charge in [0.05, 0.1) is 0 Å². The van der Waals surface area contributed by atoms with E-state index >= 15 is 0 Å². The Morgan fingerprint density at radius 1 is 0.824 bits per heavy atom. The molecule has 0 rings (SSSR count). The van der Waals surface area contributed by atoms with E-state index in [1.807, 2.05) is 0 Å². The van der Waals surface area contributed by atoms with Crippen LogP contribution in [-0.2, 0) is 2.99 Å². The van der Waals surface area contributed by atoms with Gasteiger partial charge < -0.3 is 0 Å². The second kappa shape index (κ2) is 10.6.